The molecule has 6 nitrogen and oxygen atoms in total. The van der Waals surface area contributed by atoms with Crippen molar-refractivity contribution in [2.75, 3.05) is 19.0 Å². The zero-order chi connectivity index (χ0) is 21.3. The van der Waals surface area contributed by atoms with Crippen molar-refractivity contribution in [3.05, 3.63) is 74.9 Å². The first-order chi connectivity index (χ1) is 14.4. The second kappa shape index (κ2) is 8.39. The molecule has 0 aliphatic carbocycles. The lowest BCUT2D eigenvalue weighted by atomic mass is 10.0. The number of benzene rings is 2. The van der Waals surface area contributed by atoms with E-state index in [9.17, 15) is 13.2 Å². The maximum atomic E-state index is 13.3. The number of nitrogens with zero attached hydrogens (tertiary/aromatic N) is 1. The Morgan fingerprint density at radius 3 is 2.67 bits per heavy atom. The van der Waals surface area contributed by atoms with Crippen LogP contribution in [0.4, 0.5) is 5.69 Å². The Balaban J connectivity index is 1.59. The fraction of sp³-hybridized carbons (Fsp3) is 0.190. The average Bonchev–Trinajstić information content (AvgIpc) is 3.26. The highest BCUT2D eigenvalue weighted by molar-refractivity contribution is 7.89. The Bertz CT molecular complexity index is 1210. The van der Waals surface area contributed by atoms with Crippen LogP contribution < -0.4 is 10.1 Å². The maximum Gasteiger partial charge on any atom is 0.267 e. The first-order valence-corrected chi connectivity index (χ1v) is 11.9. The molecule has 0 fully saturated rings. The van der Waals surface area contributed by atoms with Gasteiger partial charge >= 0.3 is 0 Å². The molecule has 0 saturated heterocycles. The van der Waals surface area contributed by atoms with Crippen molar-refractivity contribution in [2.45, 2.75) is 17.9 Å². The van der Waals surface area contributed by atoms with E-state index in [2.05, 4.69) is 5.32 Å². The fourth-order valence-electron chi connectivity index (χ4n) is 3.38. The third-order valence-electron chi connectivity index (χ3n) is 4.97. The van der Waals surface area contributed by atoms with Gasteiger partial charge in [0.05, 0.1) is 17.8 Å². The summed E-state index contributed by atoms with van der Waals surface area (Å²) in [6.07, 6.45) is 0.641. The molecule has 1 aliphatic rings. The summed E-state index contributed by atoms with van der Waals surface area (Å²) in [7, 11) is -2.30. The lowest BCUT2D eigenvalue weighted by Crippen LogP contribution is -2.36. The van der Waals surface area contributed by atoms with Crippen molar-refractivity contribution >= 4 is 44.6 Å². The van der Waals surface area contributed by atoms with Crippen molar-refractivity contribution in [3.63, 3.8) is 0 Å². The van der Waals surface area contributed by atoms with E-state index in [1.54, 1.807) is 23.6 Å². The molecule has 0 bridgehead atoms. The summed E-state index contributed by atoms with van der Waals surface area (Å²) in [6.45, 7) is 0.667. The first-order valence-electron chi connectivity index (χ1n) is 9.19. The monoisotopic (exact) mass is 462 g/mol. The van der Waals surface area contributed by atoms with Gasteiger partial charge in [-0.3, -0.25) is 4.79 Å². The minimum atomic E-state index is -3.82. The van der Waals surface area contributed by atoms with E-state index in [0.717, 1.165) is 22.5 Å². The molecule has 2 aromatic carbocycles. The summed E-state index contributed by atoms with van der Waals surface area (Å²) in [5.74, 6) is 0.0378. The molecule has 9 heteroatoms. The highest BCUT2D eigenvalue weighted by Gasteiger charge is 2.32. The molecule has 0 atom stereocenters. The van der Waals surface area contributed by atoms with Crippen LogP contribution in [0.15, 0.2) is 58.8 Å². The van der Waals surface area contributed by atoms with Gasteiger partial charge in [-0.25, -0.2) is 8.42 Å². The third-order valence-corrected chi connectivity index (χ3v) is 8.22. The number of sulfonamides is 1. The minimum Gasteiger partial charge on any atom is -0.497 e. The maximum absolute atomic E-state index is 13.3. The molecule has 0 radical (unpaired) electrons. The summed E-state index contributed by atoms with van der Waals surface area (Å²) < 4.78 is 33.1. The minimum absolute atomic E-state index is 0.00835. The smallest absolute Gasteiger partial charge is 0.267 e. The number of hydrogen-bond donors (Lipinski definition) is 1. The van der Waals surface area contributed by atoms with Crippen molar-refractivity contribution in [1.82, 2.24) is 4.31 Å². The van der Waals surface area contributed by atoms with Crippen LogP contribution in [0.1, 0.15) is 20.8 Å². The molecule has 1 N–H and O–H groups in total. The molecular weight excluding hydrogens is 444 g/mol. The molecule has 30 heavy (non-hydrogen) atoms. The Morgan fingerprint density at radius 1 is 1.17 bits per heavy atom. The van der Waals surface area contributed by atoms with E-state index < -0.39 is 15.9 Å². The number of fused-ring (bicyclic) bond motifs is 1. The highest BCUT2D eigenvalue weighted by atomic mass is 35.5. The molecule has 1 aliphatic heterocycles. The van der Waals surface area contributed by atoms with Crippen LogP contribution in [0.3, 0.4) is 0 Å². The molecular formula is C21H19ClN2O4S2. The third kappa shape index (κ3) is 3.96. The zero-order valence-electron chi connectivity index (χ0n) is 16.1. The topological polar surface area (TPSA) is 75.7 Å². The van der Waals surface area contributed by atoms with Crippen LogP contribution in [-0.4, -0.2) is 32.3 Å². The van der Waals surface area contributed by atoms with E-state index in [1.165, 1.54) is 17.5 Å². The second-order valence-electron chi connectivity index (χ2n) is 6.77. The molecule has 3 aromatic rings. The largest absolute Gasteiger partial charge is 0.497 e. The summed E-state index contributed by atoms with van der Waals surface area (Å²) in [4.78, 5) is 13.0. The standard InChI is InChI=1S/C21H19ClN2O4S2/c1-28-16-6-7-18(17(22)12-16)23-21(25)20-19(9-11-29-20)30(26,27)24-10-8-14-4-2-3-5-15(14)13-24/h2-7,9,11-12H,8,10,13H2,1H3,(H,23,25). The van der Waals surface area contributed by atoms with Crippen LogP contribution >= 0.6 is 22.9 Å². The van der Waals surface area contributed by atoms with Crippen molar-refractivity contribution < 1.29 is 17.9 Å². The number of nitrogens with one attached hydrogen (secondary N) is 1. The van der Waals surface area contributed by atoms with Gasteiger partial charge in [0.1, 0.15) is 15.5 Å². The number of thiophene rings is 1. The number of ether oxygens (including phenoxy) is 1. The number of halogens is 1. The molecule has 0 saturated carbocycles. The zero-order valence-corrected chi connectivity index (χ0v) is 18.5. The van der Waals surface area contributed by atoms with Crippen molar-refractivity contribution in [2.24, 2.45) is 0 Å². The van der Waals surface area contributed by atoms with Gasteiger partial charge in [-0.15, -0.1) is 11.3 Å². The van der Waals surface area contributed by atoms with Crippen LogP contribution in [0.25, 0.3) is 0 Å². The SMILES string of the molecule is COc1ccc(NC(=O)c2sccc2S(=O)(=O)N2CCc3ccccc3C2)c(Cl)c1. The molecule has 4 rings (SSSR count). The lowest BCUT2D eigenvalue weighted by Gasteiger charge is -2.28. The summed E-state index contributed by atoms with van der Waals surface area (Å²) in [5, 5.41) is 4.60. The van der Waals surface area contributed by atoms with Gasteiger partial charge in [0.25, 0.3) is 5.91 Å². The molecule has 1 amide bonds. The van der Waals surface area contributed by atoms with Crippen molar-refractivity contribution in [1.29, 1.82) is 0 Å². The van der Waals surface area contributed by atoms with Crippen LogP contribution in [0, 0.1) is 0 Å². The average molecular weight is 463 g/mol. The van der Waals surface area contributed by atoms with Crippen LogP contribution in [-0.2, 0) is 23.0 Å². The van der Waals surface area contributed by atoms with E-state index in [1.807, 2.05) is 24.3 Å². The van der Waals surface area contributed by atoms with E-state index in [4.69, 9.17) is 16.3 Å². The number of anilines is 1. The molecule has 0 unspecified atom stereocenters. The number of hydrogen-bond acceptors (Lipinski definition) is 5. The molecule has 2 heterocycles. The van der Waals surface area contributed by atoms with Gasteiger partial charge in [-0.05, 0) is 41.1 Å². The summed E-state index contributed by atoms with van der Waals surface area (Å²) >= 11 is 7.28. The highest BCUT2D eigenvalue weighted by Crippen LogP contribution is 2.31. The van der Waals surface area contributed by atoms with E-state index in [-0.39, 0.29) is 9.77 Å². The Hall–Kier alpha value is -2.39. The van der Waals surface area contributed by atoms with Crippen LogP contribution in [0.2, 0.25) is 5.02 Å². The predicted octanol–water partition coefficient (Wildman–Crippen LogP) is 4.41. The Labute approximate surface area is 184 Å². The number of methoxy groups -OCH3 is 1. The number of rotatable bonds is 5. The van der Waals surface area contributed by atoms with Crippen LogP contribution in [0.5, 0.6) is 5.75 Å². The lowest BCUT2D eigenvalue weighted by molar-refractivity contribution is 0.102. The summed E-state index contributed by atoms with van der Waals surface area (Å²) in [5.41, 5.74) is 2.52. The van der Waals surface area contributed by atoms with Gasteiger partial charge in [-0.1, -0.05) is 35.9 Å². The predicted molar refractivity (Wildman–Crippen MR) is 118 cm³/mol. The van der Waals surface area contributed by atoms with Gasteiger partial charge in [0.15, 0.2) is 0 Å². The van der Waals surface area contributed by atoms with Crippen molar-refractivity contribution in [3.8, 4) is 5.75 Å². The van der Waals surface area contributed by atoms with E-state index >= 15 is 0 Å². The second-order valence-corrected chi connectivity index (χ2v) is 10.0. The van der Waals surface area contributed by atoms with Gasteiger partial charge in [0, 0.05) is 19.2 Å². The van der Waals surface area contributed by atoms with E-state index in [0.29, 0.717) is 36.0 Å². The quantitative estimate of drug-likeness (QED) is 0.609. The van der Waals surface area contributed by atoms with Gasteiger partial charge < -0.3 is 10.1 Å². The van der Waals surface area contributed by atoms with Gasteiger partial charge in [0.2, 0.25) is 10.0 Å². The Morgan fingerprint density at radius 2 is 1.93 bits per heavy atom. The molecule has 1 aromatic heterocycles. The normalized spacial score (nSPS) is 14.2. The molecule has 0 spiro atoms. The molecule has 156 valence electrons. The Kier molecular flexibility index (Phi) is 5.84. The fourth-order valence-corrected chi connectivity index (χ4v) is 6.32. The summed E-state index contributed by atoms with van der Waals surface area (Å²) in [6, 6.07) is 14.1. The first kappa shape index (κ1) is 20.9. The number of carbonyl (C=O) groups excluding carboxylic acids is 1. The number of carbonyl (C=O) groups is 1. The number of amides is 1. The van der Waals surface area contributed by atoms with Gasteiger partial charge in [-0.2, -0.15) is 4.31 Å².